The van der Waals surface area contributed by atoms with Crippen LogP contribution in [0.25, 0.3) is 17.4 Å². The monoisotopic (exact) mass is 447 g/mol. The van der Waals surface area contributed by atoms with Crippen LogP contribution >= 0.6 is 0 Å². The van der Waals surface area contributed by atoms with Crippen molar-refractivity contribution in [1.82, 2.24) is 0 Å². The second-order valence-electron chi connectivity index (χ2n) is 7.06. The highest BCUT2D eigenvalue weighted by molar-refractivity contribution is 6.32. The molecule has 0 atom stereocenters. The standard InChI is InChI=1S/C23H17N3O7/c1-13-19(22(27)25(24-13)15-5-3-4-14(10-15)23(28)29)11-17-7-9-21(33-17)18-8-6-16(32-2)12-20(18)26(30)31/h3-12H,1-2H3,(H,28,29)/b19-11-. The van der Waals surface area contributed by atoms with Gasteiger partial charge < -0.3 is 14.3 Å². The van der Waals surface area contributed by atoms with Crippen molar-refractivity contribution in [2.45, 2.75) is 6.92 Å². The molecule has 33 heavy (non-hydrogen) atoms. The Morgan fingerprint density at radius 1 is 1.21 bits per heavy atom. The molecule has 0 saturated heterocycles. The van der Waals surface area contributed by atoms with Gasteiger partial charge in [0.05, 0.1) is 46.2 Å². The van der Waals surface area contributed by atoms with Gasteiger partial charge in [-0.1, -0.05) is 6.07 Å². The smallest absolute Gasteiger partial charge is 0.335 e. The number of rotatable bonds is 6. The number of ether oxygens (including phenoxy) is 1. The lowest BCUT2D eigenvalue weighted by Gasteiger charge is -2.12. The van der Waals surface area contributed by atoms with Gasteiger partial charge in [0, 0.05) is 0 Å². The van der Waals surface area contributed by atoms with Gasteiger partial charge in [-0.15, -0.1) is 0 Å². The molecule has 0 aliphatic carbocycles. The summed E-state index contributed by atoms with van der Waals surface area (Å²) in [6.07, 6.45) is 1.49. The summed E-state index contributed by atoms with van der Waals surface area (Å²) in [5.74, 6) is -0.676. The Bertz CT molecular complexity index is 1350. The molecule has 10 heteroatoms. The van der Waals surface area contributed by atoms with E-state index < -0.39 is 16.8 Å². The first kappa shape index (κ1) is 21.5. The van der Waals surface area contributed by atoms with E-state index in [1.807, 2.05) is 0 Å². The van der Waals surface area contributed by atoms with E-state index in [9.17, 15) is 24.8 Å². The second-order valence-corrected chi connectivity index (χ2v) is 7.06. The average Bonchev–Trinajstić information content (AvgIpc) is 3.38. The van der Waals surface area contributed by atoms with E-state index in [4.69, 9.17) is 9.15 Å². The molecule has 0 unspecified atom stereocenters. The van der Waals surface area contributed by atoms with E-state index >= 15 is 0 Å². The number of carboxylic acids is 1. The van der Waals surface area contributed by atoms with E-state index in [0.29, 0.717) is 22.9 Å². The summed E-state index contributed by atoms with van der Waals surface area (Å²) in [5, 5.41) is 26.0. The van der Waals surface area contributed by atoms with Crippen LogP contribution in [0.4, 0.5) is 11.4 Å². The third-order valence-electron chi connectivity index (χ3n) is 4.98. The Balaban J connectivity index is 1.65. The van der Waals surface area contributed by atoms with E-state index in [1.165, 1.54) is 43.5 Å². The van der Waals surface area contributed by atoms with E-state index in [-0.39, 0.29) is 28.1 Å². The lowest BCUT2D eigenvalue weighted by Crippen LogP contribution is -2.21. The SMILES string of the molecule is COc1ccc(-c2ccc(/C=C3\C(=O)N(c4cccc(C(=O)O)c4)N=C3C)o2)c([N+](=O)[O-])c1. The minimum Gasteiger partial charge on any atom is -0.497 e. The van der Waals surface area contributed by atoms with Crippen LogP contribution in [0.1, 0.15) is 23.0 Å². The van der Waals surface area contributed by atoms with E-state index in [0.717, 1.165) is 5.01 Å². The molecule has 166 valence electrons. The Labute approximate surface area is 187 Å². The minimum absolute atomic E-state index is 0.0299. The minimum atomic E-state index is -1.12. The Morgan fingerprint density at radius 3 is 2.70 bits per heavy atom. The fraction of sp³-hybridized carbons (Fsp3) is 0.0870. The Kier molecular flexibility index (Phi) is 5.49. The highest BCUT2D eigenvalue weighted by Gasteiger charge is 2.29. The third kappa shape index (κ3) is 4.09. The van der Waals surface area contributed by atoms with Gasteiger partial charge in [0.2, 0.25) is 0 Å². The van der Waals surface area contributed by atoms with Gasteiger partial charge in [-0.3, -0.25) is 14.9 Å². The highest BCUT2D eigenvalue weighted by Crippen LogP contribution is 2.35. The number of nitro groups is 1. The molecular weight excluding hydrogens is 430 g/mol. The highest BCUT2D eigenvalue weighted by atomic mass is 16.6. The number of aromatic carboxylic acids is 1. The number of hydrazone groups is 1. The number of hydrogen-bond donors (Lipinski definition) is 1. The maximum atomic E-state index is 12.9. The maximum Gasteiger partial charge on any atom is 0.335 e. The summed E-state index contributed by atoms with van der Waals surface area (Å²) in [6, 6.07) is 13.5. The molecule has 0 bridgehead atoms. The zero-order chi connectivity index (χ0) is 23.7. The molecule has 4 rings (SSSR count). The molecule has 0 fully saturated rings. The number of hydrogen-bond acceptors (Lipinski definition) is 7. The lowest BCUT2D eigenvalue weighted by molar-refractivity contribution is -0.384. The lowest BCUT2D eigenvalue weighted by atomic mass is 10.1. The number of carbonyl (C=O) groups excluding carboxylic acids is 1. The fourth-order valence-electron chi connectivity index (χ4n) is 3.35. The van der Waals surface area contributed by atoms with Gasteiger partial charge in [0.1, 0.15) is 17.3 Å². The second kappa shape index (κ2) is 8.42. The van der Waals surface area contributed by atoms with Crippen LogP contribution in [0.2, 0.25) is 0 Å². The zero-order valence-electron chi connectivity index (χ0n) is 17.5. The van der Waals surface area contributed by atoms with Crippen LogP contribution in [0.15, 0.2) is 69.7 Å². The van der Waals surface area contributed by atoms with Crippen molar-refractivity contribution in [2.75, 3.05) is 12.1 Å². The molecule has 1 aliphatic heterocycles. The number of amides is 1. The molecule has 0 saturated carbocycles. The zero-order valence-corrected chi connectivity index (χ0v) is 17.5. The summed E-state index contributed by atoms with van der Waals surface area (Å²) in [4.78, 5) is 35.1. The summed E-state index contributed by atoms with van der Waals surface area (Å²) in [6.45, 7) is 1.64. The number of furan rings is 1. The molecule has 10 nitrogen and oxygen atoms in total. The van der Waals surface area contributed by atoms with Gasteiger partial charge >= 0.3 is 5.97 Å². The number of anilines is 1. The van der Waals surface area contributed by atoms with Crippen LogP contribution in [0.5, 0.6) is 5.75 Å². The quantitative estimate of drug-likeness (QED) is 0.337. The van der Waals surface area contributed by atoms with E-state index in [1.54, 1.807) is 31.2 Å². The number of carboxylic acid groups (broad SMARTS) is 1. The molecule has 2 aromatic carbocycles. The number of benzene rings is 2. The van der Waals surface area contributed by atoms with E-state index in [2.05, 4.69) is 5.10 Å². The van der Waals surface area contributed by atoms with Crippen molar-refractivity contribution in [1.29, 1.82) is 0 Å². The first-order chi connectivity index (χ1) is 15.8. The predicted molar refractivity (Wildman–Crippen MR) is 119 cm³/mol. The normalized spacial score (nSPS) is 14.5. The molecule has 1 aromatic heterocycles. The number of nitrogens with zero attached hydrogens (tertiary/aromatic N) is 3. The van der Waals surface area contributed by atoms with Crippen LogP contribution < -0.4 is 9.75 Å². The van der Waals surface area contributed by atoms with Crippen LogP contribution in [0.3, 0.4) is 0 Å². The van der Waals surface area contributed by atoms with Crippen molar-refractivity contribution in [3.05, 3.63) is 81.6 Å². The summed E-state index contributed by atoms with van der Waals surface area (Å²) in [5.41, 5.74) is 1.09. The van der Waals surface area contributed by atoms with Crippen LogP contribution in [-0.2, 0) is 4.79 Å². The molecule has 1 aliphatic rings. The third-order valence-corrected chi connectivity index (χ3v) is 4.98. The van der Waals surface area contributed by atoms with Crippen molar-refractivity contribution in [3.63, 3.8) is 0 Å². The first-order valence-electron chi connectivity index (χ1n) is 9.66. The number of carbonyl (C=O) groups is 2. The Hall–Kier alpha value is -4.73. The topological polar surface area (TPSA) is 135 Å². The van der Waals surface area contributed by atoms with Crippen molar-refractivity contribution in [2.24, 2.45) is 5.10 Å². The summed E-state index contributed by atoms with van der Waals surface area (Å²) >= 11 is 0. The molecular formula is C23H17N3O7. The van der Waals surface area contributed by atoms with Gasteiger partial charge in [-0.05, 0) is 55.5 Å². The summed E-state index contributed by atoms with van der Waals surface area (Å²) in [7, 11) is 1.42. The van der Waals surface area contributed by atoms with Gasteiger partial charge in [-0.2, -0.15) is 10.1 Å². The molecule has 1 N–H and O–H groups in total. The predicted octanol–water partition coefficient (Wildman–Crippen LogP) is 4.37. The van der Waals surface area contributed by atoms with Gasteiger partial charge in [0.15, 0.2) is 0 Å². The number of methoxy groups -OCH3 is 1. The Morgan fingerprint density at radius 2 is 2.00 bits per heavy atom. The van der Waals surface area contributed by atoms with Crippen LogP contribution in [-0.4, -0.2) is 34.7 Å². The van der Waals surface area contributed by atoms with Crippen molar-refractivity contribution >= 4 is 35.0 Å². The average molecular weight is 447 g/mol. The molecule has 3 aromatic rings. The largest absolute Gasteiger partial charge is 0.497 e. The maximum absolute atomic E-state index is 12.9. The van der Waals surface area contributed by atoms with Crippen molar-refractivity contribution in [3.8, 4) is 17.1 Å². The molecule has 2 heterocycles. The van der Waals surface area contributed by atoms with Gasteiger partial charge in [-0.25, -0.2) is 4.79 Å². The molecule has 1 amide bonds. The molecule has 0 spiro atoms. The molecule has 0 radical (unpaired) electrons. The summed E-state index contributed by atoms with van der Waals surface area (Å²) < 4.78 is 10.8. The first-order valence-corrected chi connectivity index (χ1v) is 9.66. The number of nitro benzene ring substituents is 1. The van der Waals surface area contributed by atoms with Crippen molar-refractivity contribution < 1.29 is 28.8 Å². The van der Waals surface area contributed by atoms with Crippen LogP contribution in [0, 0.1) is 10.1 Å². The fourth-order valence-corrected chi connectivity index (χ4v) is 3.35. The van der Waals surface area contributed by atoms with Gasteiger partial charge in [0.25, 0.3) is 11.6 Å².